The van der Waals surface area contributed by atoms with E-state index in [0.717, 1.165) is 25.7 Å². The van der Waals surface area contributed by atoms with Crippen LogP contribution in [0, 0.1) is 5.41 Å². The Kier molecular flexibility index (Phi) is 1.79. The fourth-order valence-corrected chi connectivity index (χ4v) is 3.31. The summed E-state index contributed by atoms with van der Waals surface area (Å²) in [6, 6.07) is 0. The Morgan fingerprint density at radius 1 is 1.21 bits per heavy atom. The van der Waals surface area contributed by atoms with Gasteiger partial charge in [0.25, 0.3) is 0 Å². The van der Waals surface area contributed by atoms with Gasteiger partial charge in [0.05, 0.1) is 24.7 Å². The van der Waals surface area contributed by atoms with Crippen molar-refractivity contribution in [3.05, 3.63) is 12.2 Å². The van der Waals surface area contributed by atoms with Gasteiger partial charge in [0.15, 0.2) is 5.79 Å². The first-order valence-corrected chi connectivity index (χ1v) is 5.42. The van der Waals surface area contributed by atoms with Gasteiger partial charge < -0.3 is 14.6 Å². The van der Waals surface area contributed by atoms with Gasteiger partial charge in [-0.15, -0.1) is 0 Å². The predicted octanol–water partition coefficient (Wildman–Crippen LogP) is 1.22. The topological polar surface area (TPSA) is 38.7 Å². The zero-order chi connectivity index (χ0) is 9.65. The van der Waals surface area contributed by atoms with E-state index in [9.17, 15) is 5.11 Å². The number of aliphatic hydroxyl groups is 1. The Labute approximate surface area is 83.7 Å². The summed E-state index contributed by atoms with van der Waals surface area (Å²) in [5, 5.41) is 10.1. The van der Waals surface area contributed by atoms with E-state index in [1.165, 1.54) is 0 Å². The van der Waals surface area contributed by atoms with E-state index in [-0.39, 0.29) is 11.5 Å². The SMILES string of the molecule is O[C@@H]1C=CC[C@]12CCCC21OCCO1. The number of aliphatic hydroxyl groups excluding tert-OH is 1. The van der Waals surface area contributed by atoms with E-state index in [2.05, 4.69) is 6.08 Å². The van der Waals surface area contributed by atoms with Crippen molar-refractivity contribution in [2.45, 2.75) is 37.6 Å². The molecule has 2 fully saturated rings. The van der Waals surface area contributed by atoms with Gasteiger partial charge in [-0.2, -0.15) is 0 Å². The molecule has 0 amide bonds. The molecule has 1 heterocycles. The van der Waals surface area contributed by atoms with E-state index in [4.69, 9.17) is 9.47 Å². The first kappa shape index (κ1) is 8.89. The lowest BCUT2D eigenvalue weighted by atomic mass is 9.77. The Morgan fingerprint density at radius 2 is 2.00 bits per heavy atom. The maximum atomic E-state index is 10.1. The number of hydrogen-bond donors (Lipinski definition) is 1. The predicted molar refractivity (Wildman–Crippen MR) is 50.7 cm³/mol. The van der Waals surface area contributed by atoms with Crippen molar-refractivity contribution >= 4 is 0 Å². The molecular weight excluding hydrogens is 180 g/mol. The molecule has 0 radical (unpaired) electrons. The Balaban J connectivity index is 1.98. The number of ether oxygens (including phenoxy) is 2. The van der Waals surface area contributed by atoms with Gasteiger partial charge in [0.1, 0.15) is 0 Å². The molecule has 1 N–H and O–H groups in total. The van der Waals surface area contributed by atoms with Crippen LogP contribution >= 0.6 is 0 Å². The minimum atomic E-state index is -0.476. The van der Waals surface area contributed by atoms with Crippen LogP contribution in [0.5, 0.6) is 0 Å². The fourth-order valence-electron chi connectivity index (χ4n) is 3.31. The molecular formula is C11H16O3. The van der Waals surface area contributed by atoms with Crippen LogP contribution in [0.15, 0.2) is 12.2 Å². The van der Waals surface area contributed by atoms with Crippen LogP contribution in [0.4, 0.5) is 0 Å². The third kappa shape index (κ3) is 0.879. The van der Waals surface area contributed by atoms with Crippen LogP contribution in [0.2, 0.25) is 0 Å². The molecule has 0 aromatic rings. The summed E-state index contributed by atoms with van der Waals surface area (Å²) in [6.07, 6.45) is 7.50. The molecule has 0 unspecified atom stereocenters. The highest BCUT2D eigenvalue weighted by atomic mass is 16.7. The molecule has 2 aliphatic carbocycles. The largest absolute Gasteiger partial charge is 0.388 e. The second kappa shape index (κ2) is 2.81. The summed E-state index contributed by atoms with van der Waals surface area (Å²) in [4.78, 5) is 0. The molecule has 3 heteroatoms. The summed E-state index contributed by atoms with van der Waals surface area (Å²) >= 11 is 0. The molecule has 0 bridgehead atoms. The zero-order valence-electron chi connectivity index (χ0n) is 8.24. The monoisotopic (exact) mass is 196 g/mol. The van der Waals surface area contributed by atoms with Crippen LogP contribution in [0.1, 0.15) is 25.7 Å². The quantitative estimate of drug-likeness (QED) is 0.592. The summed E-state index contributed by atoms with van der Waals surface area (Å²) < 4.78 is 11.6. The highest BCUT2D eigenvalue weighted by molar-refractivity contribution is 5.18. The van der Waals surface area contributed by atoms with Crippen molar-refractivity contribution in [3.8, 4) is 0 Å². The van der Waals surface area contributed by atoms with Gasteiger partial charge in [-0.1, -0.05) is 12.2 Å². The molecule has 2 atom stereocenters. The Bertz CT molecular complexity index is 262. The smallest absolute Gasteiger partial charge is 0.177 e. The molecule has 0 aromatic heterocycles. The number of allylic oxidation sites excluding steroid dienone is 1. The standard InChI is InChI=1S/C11H16O3/c12-9-3-1-4-10(9)5-2-6-11(10)13-7-8-14-11/h1,3,9,12H,2,4-8H2/t9-,10+/m1/s1. The summed E-state index contributed by atoms with van der Waals surface area (Å²) in [6.45, 7) is 1.35. The van der Waals surface area contributed by atoms with Gasteiger partial charge >= 0.3 is 0 Å². The van der Waals surface area contributed by atoms with Crippen LogP contribution < -0.4 is 0 Å². The van der Waals surface area contributed by atoms with Crippen molar-refractivity contribution in [1.82, 2.24) is 0 Å². The van der Waals surface area contributed by atoms with Gasteiger partial charge in [-0.25, -0.2) is 0 Å². The third-order valence-electron chi connectivity index (χ3n) is 4.01. The van der Waals surface area contributed by atoms with E-state index in [1.807, 2.05) is 6.08 Å². The number of fused-ring (bicyclic) bond motifs is 1. The molecule has 3 nitrogen and oxygen atoms in total. The van der Waals surface area contributed by atoms with Gasteiger partial charge in [-0.05, 0) is 19.3 Å². The van der Waals surface area contributed by atoms with Gasteiger partial charge in [0.2, 0.25) is 0 Å². The average molecular weight is 196 g/mol. The molecule has 0 aromatic carbocycles. The summed E-state index contributed by atoms with van der Waals surface area (Å²) in [7, 11) is 0. The van der Waals surface area contributed by atoms with E-state index in [0.29, 0.717) is 13.2 Å². The van der Waals surface area contributed by atoms with Crippen molar-refractivity contribution in [1.29, 1.82) is 0 Å². The van der Waals surface area contributed by atoms with Crippen molar-refractivity contribution in [3.63, 3.8) is 0 Å². The normalized spacial score (nSPS) is 44.5. The highest BCUT2D eigenvalue weighted by Gasteiger charge is 2.62. The van der Waals surface area contributed by atoms with Crippen LogP contribution in [-0.4, -0.2) is 30.2 Å². The Hall–Kier alpha value is -0.380. The minimum Gasteiger partial charge on any atom is -0.388 e. The summed E-state index contributed by atoms with van der Waals surface area (Å²) in [5.41, 5.74) is -0.177. The highest BCUT2D eigenvalue weighted by Crippen LogP contribution is 2.57. The molecule has 2 spiro atoms. The van der Waals surface area contributed by atoms with Crippen molar-refractivity contribution in [2.24, 2.45) is 5.41 Å². The molecule has 3 aliphatic rings. The molecule has 14 heavy (non-hydrogen) atoms. The first-order valence-electron chi connectivity index (χ1n) is 5.42. The maximum Gasteiger partial charge on any atom is 0.177 e. The number of hydrogen-bond acceptors (Lipinski definition) is 3. The van der Waals surface area contributed by atoms with Gasteiger partial charge in [0, 0.05) is 6.42 Å². The molecule has 1 aliphatic heterocycles. The van der Waals surface area contributed by atoms with Crippen LogP contribution in [0.25, 0.3) is 0 Å². The second-order valence-electron chi connectivity index (χ2n) is 4.54. The maximum absolute atomic E-state index is 10.1. The molecule has 1 saturated carbocycles. The lowest BCUT2D eigenvalue weighted by molar-refractivity contribution is -0.238. The van der Waals surface area contributed by atoms with Gasteiger partial charge in [-0.3, -0.25) is 0 Å². The van der Waals surface area contributed by atoms with E-state index >= 15 is 0 Å². The second-order valence-corrected chi connectivity index (χ2v) is 4.54. The molecule has 3 rings (SSSR count). The summed E-state index contributed by atoms with van der Waals surface area (Å²) in [5.74, 6) is -0.476. The molecule has 78 valence electrons. The lowest BCUT2D eigenvalue weighted by Crippen LogP contribution is -2.49. The van der Waals surface area contributed by atoms with Crippen molar-refractivity contribution in [2.75, 3.05) is 13.2 Å². The Morgan fingerprint density at radius 3 is 2.64 bits per heavy atom. The average Bonchev–Trinajstić information content (AvgIpc) is 2.84. The third-order valence-corrected chi connectivity index (χ3v) is 4.01. The van der Waals surface area contributed by atoms with Crippen LogP contribution in [-0.2, 0) is 9.47 Å². The van der Waals surface area contributed by atoms with E-state index < -0.39 is 5.79 Å². The van der Waals surface area contributed by atoms with Crippen LogP contribution in [0.3, 0.4) is 0 Å². The fraction of sp³-hybridized carbons (Fsp3) is 0.818. The number of rotatable bonds is 0. The lowest BCUT2D eigenvalue weighted by Gasteiger charge is -2.41. The van der Waals surface area contributed by atoms with Crippen molar-refractivity contribution < 1.29 is 14.6 Å². The molecule has 1 saturated heterocycles. The van der Waals surface area contributed by atoms with E-state index in [1.54, 1.807) is 0 Å². The minimum absolute atomic E-state index is 0.177. The zero-order valence-corrected chi connectivity index (χ0v) is 8.24. The first-order chi connectivity index (χ1) is 6.79.